The average molecular weight is 444 g/mol. The Labute approximate surface area is 184 Å². The summed E-state index contributed by atoms with van der Waals surface area (Å²) in [7, 11) is 0. The van der Waals surface area contributed by atoms with E-state index < -0.39 is 11.1 Å². The van der Waals surface area contributed by atoms with Crippen molar-refractivity contribution in [1.29, 1.82) is 0 Å². The van der Waals surface area contributed by atoms with Gasteiger partial charge in [-0.1, -0.05) is 6.07 Å². The van der Waals surface area contributed by atoms with Gasteiger partial charge in [0.2, 0.25) is 5.95 Å². The molecule has 162 valence electrons. The zero-order chi connectivity index (χ0) is 22.0. The third kappa shape index (κ3) is 4.88. The van der Waals surface area contributed by atoms with Crippen molar-refractivity contribution in [2.45, 2.75) is 38.6 Å². The molecular weight excluding hydrogens is 421 g/mol. The van der Waals surface area contributed by atoms with Gasteiger partial charge in [0, 0.05) is 17.7 Å². The number of aryl methyl sites for hydroxylation is 1. The fraction of sp³-hybridized carbons (Fsp3) is 0.381. The Balaban J connectivity index is 1.56. The quantitative estimate of drug-likeness (QED) is 0.565. The first-order valence-electron chi connectivity index (χ1n) is 10.1. The van der Waals surface area contributed by atoms with E-state index >= 15 is 0 Å². The molecule has 0 amide bonds. The molecule has 1 aliphatic rings. The number of nitrogens with one attached hydrogen (secondary N) is 2. The highest BCUT2D eigenvalue weighted by molar-refractivity contribution is 6.68. The molecule has 1 aliphatic heterocycles. The molecule has 1 aromatic carbocycles. The molecule has 2 N–H and O–H groups in total. The summed E-state index contributed by atoms with van der Waals surface area (Å²) in [6, 6.07) is 6.08. The first-order valence-corrected chi connectivity index (χ1v) is 10.4. The molecule has 0 unspecified atom stereocenters. The number of piperidine rings is 1. The van der Waals surface area contributed by atoms with Gasteiger partial charge in [0.25, 0.3) is 5.24 Å². The zero-order valence-corrected chi connectivity index (χ0v) is 18.1. The minimum absolute atomic E-state index is 0.0542. The number of anilines is 1. The smallest absolute Gasteiger partial charge is 0.257 e. The molecule has 0 spiro atoms. The molecule has 1 saturated heterocycles. The van der Waals surface area contributed by atoms with E-state index in [9.17, 15) is 9.18 Å². The predicted molar refractivity (Wildman–Crippen MR) is 115 cm³/mol. The van der Waals surface area contributed by atoms with Crippen LogP contribution in [0.2, 0.25) is 0 Å². The lowest BCUT2D eigenvalue weighted by Crippen LogP contribution is -2.45. The second-order valence-corrected chi connectivity index (χ2v) is 8.31. The number of rotatable bonds is 6. The summed E-state index contributed by atoms with van der Waals surface area (Å²) in [4.78, 5) is 22.0. The summed E-state index contributed by atoms with van der Waals surface area (Å²) in [6.45, 7) is 6.01. The second-order valence-electron chi connectivity index (χ2n) is 7.97. The lowest BCUT2D eigenvalue weighted by Gasteiger charge is -2.35. The van der Waals surface area contributed by atoms with Gasteiger partial charge in [0.15, 0.2) is 0 Å². The Bertz CT molecular complexity index is 1110. The standard InChI is InChI=1S/C21H23ClFN7O/c1-13-10-14(27-20(26-13)28-21(2)6-8-24-9-7-21)11-15-12-25-30(29-15)17-5-3-4-16(23)18(17)19(22)31/h3-5,10,12,24H,6-9,11H2,1-2H3,(H,26,27,28). The van der Waals surface area contributed by atoms with Crippen LogP contribution in [0.3, 0.4) is 0 Å². The van der Waals surface area contributed by atoms with Crippen LogP contribution in [0.25, 0.3) is 5.69 Å². The van der Waals surface area contributed by atoms with Gasteiger partial charge in [-0.3, -0.25) is 4.79 Å². The molecule has 0 bridgehead atoms. The molecule has 0 radical (unpaired) electrons. The zero-order valence-electron chi connectivity index (χ0n) is 17.3. The number of benzene rings is 1. The topological polar surface area (TPSA) is 97.6 Å². The molecule has 3 aromatic rings. The minimum atomic E-state index is -0.902. The summed E-state index contributed by atoms with van der Waals surface area (Å²) in [5, 5.41) is 14.5. The van der Waals surface area contributed by atoms with Crippen molar-refractivity contribution in [3.05, 3.63) is 58.9 Å². The third-order valence-corrected chi connectivity index (χ3v) is 5.52. The van der Waals surface area contributed by atoms with E-state index in [1.807, 2.05) is 13.0 Å². The summed E-state index contributed by atoms with van der Waals surface area (Å²) < 4.78 is 14.1. The molecule has 0 saturated carbocycles. The van der Waals surface area contributed by atoms with Crippen LogP contribution in [0.5, 0.6) is 0 Å². The first-order chi connectivity index (χ1) is 14.8. The van der Waals surface area contributed by atoms with Gasteiger partial charge >= 0.3 is 0 Å². The van der Waals surface area contributed by atoms with E-state index in [1.54, 1.807) is 12.3 Å². The molecular formula is C21H23ClFN7O. The number of carbonyl (C=O) groups is 1. The van der Waals surface area contributed by atoms with E-state index in [1.165, 1.54) is 16.9 Å². The van der Waals surface area contributed by atoms with Crippen molar-refractivity contribution >= 4 is 22.8 Å². The van der Waals surface area contributed by atoms with Crippen LogP contribution in [0.1, 0.15) is 47.2 Å². The van der Waals surface area contributed by atoms with Gasteiger partial charge in [-0.05, 0) is 69.6 Å². The Morgan fingerprint density at radius 3 is 2.81 bits per heavy atom. The number of aromatic nitrogens is 5. The Morgan fingerprint density at radius 2 is 2.06 bits per heavy atom. The highest BCUT2D eigenvalue weighted by Gasteiger charge is 2.27. The van der Waals surface area contributed by atoms with Crippen molar-refractivity contribution in [3.63, 3.8) is 0 Å². The number of carbonyl (C=O) groups excluding carboxylic acids is 1. The summed E-state index contributed by atoms with van der Waals surface area (Å²) in [5.41, 5.74) is 2.12. The van der Waals surface area contributed by atoms with Gasteiger partial charge in [-0.25, -0.2) is 14.4 Å². The van der Waals surface area contributed by atoms with Gasteiger partial charge in [0.05, 0.1) is 23.1 Å². The van der Waals surface area contributed by atoms with Crippen LogP contribution in [0.15, 0.2) is 30.5 Å². The van der Waals surface area contributed by atoms with Gasteiger partial charge in [-0.2, -0.15) is 15.0 Å². The molecule has 8 nitrogen and oxygen atoms in total. The largest absolute Gasteiger partial charge is 0.349 e. The van der Waals surface area contributed by atoms with Gasteiger partial charge < -0.3 is 10.6 Å². The molecule has 1 fully saturated rings. The van der Waals surface area contributed by atoms with E-state index in [0.717, 1.165) is 37.3 Å². The van der Waals surface area contributed by atoms with Crippen molar-refractivity contribution in [3.8, 4) is 5.69 Å². The number of nitrogens with zero attached hydrogens (tertiary/aromatic N) is 5. The monoisotopic (exact) mass is 443 g/mol. The molecule has 31 heavy (non-hydrogen) atoms. The normalized spacial score (nSPS) is 15.6. The van der Waals surface area contributed by atoms with Crippen molar-refractivity contribution < 1.29 is 9.18 Å². The Morgan fingerprint density at radius 1 is 1.29 bits per heavy atom. The number of hydrogen-bond donors (Lipinski definition) is 2. The lowest BCUT2D eigenvalue weighted by molar-refractivity contribution is 0.107. The number of halogens is 2. The molecule has 0 atom stereocenters. The number of hydrogen-bond acceptors (Lipinski definition) is 7. The van der Waals surface area contributed by atoms with Crippen LogP contribution in [-0.4, -0.2) is 48.8 Å². The van der Waals surface area contributed by atoms with E-state index in [-0.39, 0.29) is 16.8 Å². The fourth-order valence-electron chi connectivity index (χ4n) is 3.70. The maximum Gasteiger partial charge on any atom is 0.257 e. The van der Waals surface area contributed by atoms with E-state index in [4.69, 9.17) is 11.6 Å². The molecule has 4 rings (SSSR count). The van der Waals surface area contributed by atoms with Gasteiger partial charge in [-0.15, -0.1) is 0 Å². The molecule has 3 heterocycles. The first kappa shape index (κ1) is 21.3. The van der Waals surface area contributed by atoms with Crippen molar-refractivity contribution in [2.75, 3.05) is 18.4 Å². The molecule has 0 aliphatic carbocycles. The van der Waals surface area contributed by atoms with Crippen LogP contribution in [0.4, 0.5) is 10.3 Å². The van der Waals surface area contributed by atoms with Crippen LogP contribution in [0, 0.1) is 12.7 Å². The van der Waals surface area contributed by atoms with Crippen molar-refractivity contribution in [2.24, 2.45) is 0 Å². The molecule has 10 heteroatoms. The average Bonchev–Trinajstić information content (AvgIpc) is 3.15. The molecule has 2 aromatic heterocycles. The van der Waals surface area contributed by atoms with E-state index in [0.29, 0.717) is 18.1 Å². The summed E-state index contributed by atoms with van der Waals surface area (Å²) in [5.74, 6) is -0.128. The SMILES string of the molecule is Cc1cc(Cc2cnn(-c3cccc(F)c3C(=O)Cl)n2)nc(NC2(C)CCNCC2)n1. The second kappa shape index (κ2) is 8.68. The highest BCUT2D eigenvalue weighted by atomic mass is 35.5. The Kier molecular flexibility index (Phi) is 5.97. The predicted octanol–water partition coefficient (Wildman–Crippen LogP) is 3.03. The van der Waals surface area contributed by atoms with E-state index in [2.05, 4.69) is 37.7 Å². The lowest BCUT2D eigenvalue weighted by atomic mass is 9.91. The van der Waals surface area contributed by atoms with Crippen LogP contribution < -0.4 is 10.6 Å². The summed E-state index contributed by atoms with van der Waals surface area (Å²) >= 11 is 5.55. The van der Waals surface area contributed by atoms with Crippen molar-refractivity contribution in [1.82, 2.24) is 30.3 Å². The Hall–Kier alpha value is -2.91. The van der Waals surface area contributed by atoms with Crippen LogP contribution in [-0.2, 0) is 6.42 Å². The fourth-order valence-corrected chi connectivity index (χ4v) is 3.89. The minimum Gasteiger partial charge on any atom is -0.349 e. The maximum absolute atomic E-state index is 14.1. The van der Waals surface area contributed by atoms with Gasteiger partial charge in [0.1, 0.15) is 11.5 Å². The van der Waals surface area contributed by atoms with Crippen LogP contribution >= 0.6 is 11.6 Å². The third-order valence-electron chi connectivity index (χ3n) is 5.33. The summed E-state index contributed by atoms with van der Waals surface area (Å²) in [6.07, 6.45) is 3.95. The maximum atomic E-state index is 14.1. The highest BCUT2D eigenvalue weighted by Crippen LogP contribution is 2.23.